The number of thioether (sulfide) groups is 1. The molecular formula is C10H25NOS. The van der Waals surface area contributed by atoms with E-state index in [-0.39, 0.29) is 5.91 Å². The highest BCUT2D eigenvalue weighted by Crippen LogP contribution is 1.97. The average Bonchev–Trinajstić information content (AvgIpc) is 2.20. The van der Waals surface area contributed by atoms with E-state index in [1.807, 2.05) is 40.9 Å². The molecular weight excluding hydrogens is 182 g/mol. The Morgan fingerprint density at radius 2 is 1.62 bits per heavy atom. The van der Waals surface area contributed by atoms with Gasteiger partial charge in [0.15, 0.2) is 0 Å². The summed E-state index contributed by atoms with van der Waals surface area (Å²) in [6.45, 7) is 12.4. The van der Waals surface area contributed by atoms with Gasteiger partial charge in [0.05, 0.1) is 5.88 Å². The predicted octanol–water partition coefficient (Wildman–Crippen LogP) is 3.23. The van der Waals surface area contributed by atoms with Crippen LogP contribution in [0.2, 0.25) is 0 Å². The number of carbonyl (C=O) groups is 1. The first-order valence-electron chi connectivity index (χ1n) is 4.96. The molecule has 0 aliphatic carbocycles. The van der Waals surface area contributed by atoms with Crippen LogP contribution in [0.4, 0.5) is 0 Å². The van der Waals surface area contributed by atoms with Gasteiger partial charge < -0.3 is 4.90 Å². The minimum absolute atomic E-state index is 0.159. The van der Waals surface area contributed by atoms with Gasteiger partial charge in [-0.2, -0.15) is 0 Å². The van der Waals surface area contributed by atoms with Crippen molar-refractivity contribution in [3.8, 4) is 0 Å². The van der Waals surface area contributed by atoms with E-state index in [0.717, 1.165) is 12.4 Å². The Morgan fingerprint density at radius 1 is 1.23 bits per heavy atom. The molecule has 0 N–H and O–H groups in total. The van der Waals surface area contributed by atoms with Crippen molar-refractivity contribution in [2.24, 2.45) is 0 Å². The molecule has 0 aromatic rings. The Balaban J connectivity index is -0.000000218. The molecule has 0 aliphatic rings. The normalized spacial score (nSPS) is 7.31. The Labute approximate surface area is 88.1 Å². The SMILES string of the molecule is CC.CC.CCN(CSC)C(C)=O. The molecule has 0 aliphatic heterocycles. The molecule has 13 heavy (non-hydrogen) atoms. The first-order chi connectivity index (χ1) is 6.22. The minimum Gasteiger partial charge on any atom is -0.334 e. The van der Waals surface area contributed by atoms with Gasteiger partial charge in [0.2, 0.25) is 5.91 Å². The fourth-order valence-electron chi connectivity index (χ4n) is 0.561. The van der Waals surface area contributed by atoms with Gasteiger partial charge in [0, 0.05) is 13.5 Å². The average molecular weight is 207 g/mol. The fourth-order valence-corrected chi connectivity index (χ4v) is 1.24. The van der Waals surface area contributed by atoms with Crippen LogP contribution in [0.15, 0.2) is 0 Å². The molecule has 0 saturated heterocycles. The lowest BCUT2D eigenvalue weighted by atomic mass is 10.6. The zero-order chi connectivity index (χ0) is 11.3. The van der Waals surface area contributed by atoms with Crippen molar-refractivity contribution in [3.05, 3.63) is 0 Å². The van der Waals surface area contributed by atoms with Crippen LogP contribution in [0.5, 0.6) is 0 Å². The highest BCUT2D eigenvalue weighted by atomic mass is 32.2. The molecule has 0 saturated carbocycles. The zero-order valence-corrected chi connectivity index (χ0v) is 11.0. The van der Waals surface area contributed by atoms with Gasteiger partial charge >= 0.3 is 0 Å². The number of carbonyl (C=O) groups excluding carboxylic acids is 1. The third kappa shape index (κ3) is 14.7. The second-order valence-corrected chi connectivity index (χ2v) is 2.63. The topological polar surface area (TPSA) is 20.3 Å². The van der Waals surface area contributed by atoms with E-state index >= 15 is 0 Å². The van der Waals surface area contributed by atoms with Crippen LogP contribution >= 0.6 is 11.8 Å². The Morgan fingerprint density at radius 3 is 1.69 bits per heavy atom. The molecule has 0 unspecified atom stereocenters. The molecule has 2 nitrogen and oxygen atoms in total. The highest BCUT2D eigenvalue weighted by molar-refractivity contribution is 7.98. The number of rotatable bonds is 3. The van der Waals surface area contributed by atoms with Crippen molar-refractivity contribution in [3.63, 3.8) is 0 Å². The second-order valence-electron chi connectivity index (χ2n) is 1.79. The van der Waals surface area contributed by atoms with Gasteiger partial charge in [-0.3, -0.25) is 4.79 Å². The molecule has 0 atom stereocenters. The predicted molar refractivity (Wildman–Crippen MR) is 64.1 cm³/mol. The number of nitrogens with zero attached hydrogens (tertiary/aromatic N) is 1. The van der Waals surface area contributed by atoms with Crippen LogP contribution in [0.3, 0.4) is 0 Å². The zero-order valence-electron chi connectivity index (χ0n) is 10.2. The molecule has 0 bridgehead atoms. The van der Waals surface area contributed by atoms with Crippen LogP contribution in [0.25, 0.3) is 0 Å². The summed E-state index contributed by atoms with van der Waals surface area (Å²) in [4.78, 5) is 12.5. The molecule has 1 amide bonds. The summed E-state index contributed by atoms with van der Waals surface area (Å²) in [5.41, 5.74) is 0. The van der Waals surface area contributed by atoms with E-state index in [1.54, 1.807) is 23.6 Å². The Hall–Kier alpha value is -0.180. The van der Waals surface area contributed by atoms with E-state index in [0.29, 0.717) is 0 Å². The fraction of sp³-hybridized carbons (Fsp3) is 0.900. The monoisotopic (exact) mass is 207 g/mol. The summed E-state index contributed by atoms with van der Waals surface area (Å²) >= 11 is 1.67. The van der Waals surface area contributed by atoms with Gasteiger partial charge in [-0.05, 0) is 13.2 Å². The molecule has 0 rings (SSSR count). The molecule has 0 radical (unpaired) electrons. The summed E-state index contributed by atoms with van der Waals surface area (Å²) in [6, 6.07) is 0. The lowest BCUT2D eigenvalue weighted by Gasteiger charge is -2.16. The van der Waals surface area contributed by atoms with Crippen molar-refractivity contribution >= 4 is 17.7 Å². The van der Waals surface area contributed by atoms with Gasteiger partial charge in [-0.25, -0.2) is 0 Å². The lowest BCUT2D eigenvalue weighted by molar-refractivity contribution is -0.127. The number of amides is 1. The van der Waals surface area contributed by atoms with Gasteiger partial charge in [-0.1, -0.05) is 27.7 Å². The highest BCUT2D eigenvalue weighted by Gasteiger charge is 2.01. The lowest BCUT2D eigenvalue weighted by Crippen LogP contribution is -2.27. The van der Waals surface area contributed by atoms with Crippen molar-refractivity contribution in [1.29, 1.82) is 0 Å². The standard InChI is InChI=1S/C6H13NOS.2C2H6/c1-4-7(5-9-3)6(2)8;2*1-2/h4-5H2,1-3H3;2*1-2H3. The molecule has 82 valence electrons. The number of hydrogen-bond donors (Lipinski definition) is 0. The molecule has 0 aromatic carbocycles. The maximum atomic E-state index is 10.7. The van der Waals surface area contributed by atoms with E-state index in [1.165, 1.54) is 0 Å². The summed E-state index contributed by atoms with van der Waals surface area (Å²) < 4.78 is 0. The van der Waals surface area contributed by atoms with E-state index in [9.17, 15) is 4.79 Å². The van der Waals surface area contributed by atoms with E-state index in [2.05, 4.69) is 0 Å². The third-order valence-corrected chi connectivity index (χ3v) is 1.68. The van der Waals surface area contributed by atoms with Crippen molar-refractivity contribution in [1.82, 2.24) is 4.90 Å². The van der Waals surface area contributed by atoms with Crippen molar-refractivity contribution in [2.45, 2.75) is 41.5 Å². The molecule has 0 spiro atoms. The van der Waals surface area contributed by atoms with Crippen LogP contribution in [-0.4, -0.2) is 29.5 Å². The first-order valence-corrected chi connectivity index (χ1v) is 6.36. The molecule has 0 aromatic heterocycles. The number of hydrogen-bond acceptors (Lipinski definition) is 2. The van der Waals surface area contributed by atoms with Gasteiger partial charge in [-0.15, -0.1) is 11.8 Å². The van der Waals surface area contributed by atoms with Crippen LogP contribution in [0.1, 0.15) is 41.5 Å². The molecule has 3 heteroatoms. The summed E-state index contributed by atoms with van der Waals surface area (Å²) in [5, 5.41) is 0. The van der Waals surface area contributed by atoms with Gasteiger partial charge in [0.25, 0.3) is 0 Å². The smallest absolute Gasteiger partial charge is 0.220 e. The summed E-state index contributed by atoms with van der Waals surface area (Å²) in [5.74, 6) is 0.970. The van der Waals surface area contributed by atoms with E-state index < -0.39 is 0 Å². The third-order valence-electron chi connectivity index (χ3n) is 1.11. The Bertz CT molecular complexity index is 96.9. The largest absolute Gasteiger partial charge is 0.334 e. The molecule has 0 heterocycles. The second kappa shape index (κ2) is 17.8. The summed E-state index contributed by atoms with van der Waals surface area (Å²) in [6.07, 6.45) is 1.99. The maximum Gasteiger partial charge on any atom is 0.220 e. The maximum absolute atomic E-state index is 10.7. The van der Waals surface area contributed by atoms with Gasteiger partial charge in [0.1, 0.15) is 0 Å². The van der Waals surface area contributed by atoms with Crippen molar-refractivity contribution in [2.75, 3.05) is 18.7 Å². The minimum atomic E-state index is 0.159. The molecule has 0 fully saturated rings. The van der Waals surface area contributed by atoms with Crippen LogP contribution in [0, 0.1) is 0 Å². The first kappa shape index (κ1) is 18.6. The van der Waals surface area contributed by atoms with Crippen molar-refractivity contribution < 1.29 is 4.79 Å². The Kier molecular flexibility index (Phi) is 25.4. The summed E-state index contributed by atoms with van der Waals surface area (Å²) in [7, 11) is 0. The quantitative estimate of drug-likeness (QED) is 0.662. The van der Waals surface area contributed by atoms with Crippen LogP contribution < -0.4 is 0 Å². The van der Waals surface area contributed by atoms with Crippen LogP contribution in [-0.2, 0) is 4.79 Å². The van der Waals surface area contributed by atoms with E-state index in [4.69, 9.17) is 0 Å².